The maximum atomic E-state index is 11.8. The first-order valence-electron chi connectivity index (χ1n) is 5.05. The molecule has 0 heterocycles. The van der Waals surface area contributed by atoms with Gasteiger partial charge >= 0.3 is 12.1 Å². The molecule has 0 fully saturated rings. The van der Waals surface area contributed by atoms with Crippen molar-refractivity contribution in [1.82, 2.24) is 9.44 Å². The number of halogens is 3. The van der Waals surface area contributed by atoms with Gasteiger partial charge in [-0.1, -0.05) is 20.3 Å². The van der Waals surface area contributed by atoms with Crippen molar-refractivity contribution >= 4 is 16.2 Å². The van der Waals surface area contributed by atoms with E-state index in [0.717, 1.165) is 0 Å². The smallest absolute Gasteiger partial charge is 0.402 e. The second-order valence-corrected chi connectivity index (χ2v) is 5.29. The van der Waals surface area contributed by atoms with Gasteiger partial charge in [0.15, 0.2) is 0 Å². The molecular formula is C8H15F3N2O4S. The first kappa shape index (κ1) is 17.1. The van der Waals surface area contributed by atoms with Crippen LogP contribution >= 0.6 is 0 Å². The van der Waals surface area contributed by atoms with Gasteiger partial charge < -0.3 is 5.11 Å². The molecule has 0 aliphatic heterocycles. The molecule has 0 aromatic heterocycles. The average molecular weight is 292 g/mol. The standard InChI is InChI=1S/C8H15F3N2O4S/c1-3-5(2)6(7(14)15)13-18(16,17)12-4-8(9,10)11/h5-6,12-13H,3-4H2,1-2H3,(H,14,15)/t5-,6-/m0/s1. The molecule has 18 heavy (non-hydrogen) atoms. The molecule has 0 aromatic rings. The molecule has 6 nitrogen and oxygen atoms in total. The number of carbonyl (C=O) groups is 1. The molecule has 0 aliphatic rings. The summed E-state index contributed by atoms with van der Waals surface area (Å²) in [7, 11) is -4.51. The summed E-state index contributed by atoms with van der Waals surface area (Å²) >= 11 is 0. The Hall–Kier alpha value is -0.870. The quantitative estimate of drug-likeness (QED) is 0.635. The Bertz CT molecular complexity index is 382. The lowest BCUT2D eigenvalue weighted by Crippen LogP contribution is -2.50. The Morgan fingerprint density at radius 1 is 1.39 bits per heavy atom. The maximum absolute atomic E-state index is 11.8. The predicted octanol–water partition coefficient (Wildman–Crippen LogP) is 0.472. The van der Waals surface area contributed by atoms with E-state index < -0.39 is 40.9 Å². The molecule has 0 saturated carbocycles. The Morgan fingerprint density at radius 2 is 1.89 bits per heavy atom. The summed E-state index contributed by atoms with van der Waals surface area (Å²) in [5.41, 5.74) is 0. The summed E-state index contributed by atoms with van der Waals surface area (Å²) in [6.45, 7) is 1.36. The maximum Gasteiger partial charge on any atom is 0.402 e. The van der Waals surface area contributed by atoms with Gasteiger partial charge in [-0.25, -0.2) is 0 Å². The van der Waals surface area contributed by atoms with Crippen LogP contribution in [-0.2, 0) is 15.0 Å². The van der Waals surface area contributed by atoms with Gasteiger partial charge in [-0.2, -0.15) is 31.0 Å². The lowest BCUT2D eigenvalue weighted by Gasteiger charge is -2.20. The van der Waals surface area contributed by atoms with E-state index in [1.807, 2.05) is 0 Å². The summed E-state index contributed by atoms with van der Waals surface area (Å²) in [5.74, 6) is -1.99. The fourth-order valence-corrected chi connectivity index (χ4v) is 2.14. The largest absolute Gasteiger partial charge is 0.480 e. The van der Waals surface area contributed by atoms with Crippen LogP contribution in [0, 0.1) is 5.92 Å². The number of carboxylic acids is 1. The van der Waals surface area contributed by atoms with Crippen LogP contribution in [0.1, 0.15) is 20.3 Å². The third-order valence-corrected chi connectivity index (χ3v) is 3.31. The zero-order valence-corrected chi connectivity index (χ0v) is 10.6. The van der Waals surface area contributed by atoms with Crippen LogP contribution in [0.3, 0.4) is 0 Å². The fourth-order valence-electron chi connectivity index (χ4n) is 1.03. The first-order valence-corrected chi connectivity index (χ1v) is 6.53. The molecule has 0 unspecified atom stereocenters. The van der Waals surface area contributed by atoms with Crippen LogP contribution < -0.4 is 9.44 Å². The predicted molar refractivity (Wildman–Crippen MR) is 57.0 cm³/mol. The monoisotopic (exact) mass is 292 g/mol. The summed E-state index contributed by atoms with van der Waals surface area (Å²) in [6, 6.07) is -1.47. The van der Waals surface area contributed by atoms with Crippen molar-refractivity contribution in [2.75, 3.05) is 6.54 Å². The SMILES string of the molecule is CC[C@H](C)[C@H](NS(=O)(=O)NCC(F)(F)F)C(=O)O. The van der Waals surface area contributed by atoms with E-state index >= 15 is 0 Å². The molecule has 0 saturated heterocycles. The molecule has 108 valence electrons. The molecule has 0 spiro atoms. The topological polar surface area (TPSA) is 95.5 Å². The molecule has 0 aliphatic carbocycles. The number of hydrogen-bond donors (Lipinski definition) is 3. The number of hydrogen-bond acceptors (Lipinski definition) is 3. The van der Waals surface area contributed by atoms with Crippen LogP contribution in [0.25, 0.3) is 0 Å². The minimum Gasteiger partial charge on any atom is -0.480 e. The van der Waals surface area contributed by atoms with Crippen molar-refractivity contribution in [1.29, 1.82) is 0 Å². The van der Waals surface area contributed by atoms with Crippen LogP contribution in [0.5, 0.6) is 0 Å². The zero-order chi connectivity index (χ0) is 14.6. The van der Waals surface area contributed by atoms with Gasteiger partial charge in [0.25, 0.3) is 10.2 Å². The number of carboxylic acid groups (broad SMARTS) is 1. The van der Waals surface area contributed by atoms with E-state index in [-0.39, 0.29) is 0 Å². The lowest BCUT2D eigenvalue weighted by atomic mass is 10.0. The van der Waals surface area contributed by atoms with E-state index in [4.69, 9.17) is 5.11 Å². The lowest BCUT2D eigenvalue weighted by molar-refractivity contribution is -0.140. The summed E-state index contributed by atoms with van der Waals surface area (Å²) < 4.78 is 60.9. The highest BCUT2D eigenvalue weighted by atomic mass is 32.2. The third kappa shape index (κ3) is 6.77. The van der Waals surface area contributed by atoms with E-state index in [1.54, 1.807) is 11.6 Å². The molecule has 0 radical (unpaired) electrons. The molecule has 2 atom stereocenters. The van der Waals surface area contributed by atoms with Crippen LogP contribution in [0.15, 0.2) is 0 Å². The highest BCUT2D eigenvalue weighted by Crippen LogP contribution is 2.13. The fraction of sp³-hybridized carbons (Fsp3) is 0.875. The van der Waals surface area contributed by atoms with E-state index in [1.165, 1.54) is 11.6 Å². The van der Waals surface area contributed by atoms with Crippen molar-refractivity contribution in [3.63, 3.8) is 0 Å². The van der Waals surface area contributed by atoms with Crippen molar-refractivity contribution in [3.8, 4) is 0 Å². The average Bonchev–Trinajstić information content (AvgIpc) is 2.21. The molecular weight excluding hydrogens is 277 g/mol. The van der Waals surface area contributed by atoms with Gasteiger partial charge in [0.2, 0.25) is 0 Å². The van der Waals surface area contributed by atoms with Crippen LogP contribution in [-0.4, -0.2) is 38.3 Å². The number of nitrogens with one attached hydrogen (secondary N) is 2. The first-order chi connectivity index (χ1) is 7.98. The molecule has 0 rings (SSSR count). The van der Waals surface area contributed by atoms with Gasteiger partial charge in [0, 0.05) is 0 Å². The summed E-state index contributed by atoms with van der Waals surface area (Å²) in [4.78, 5) is 10.8. The van der Waals surface area contributed by atoms with Gasteiger partial charge in [0.05, 0.1) is 0 Å². The zero-order valence-electron chi connectivity index (χ0n) is 9.78. The van der Waals surface area contributed by atoms with E-state index in [2.05, 4.69) is 0 Å². The van der Waals surface area contributed by atoms with Crippen LogP contribution in [0.4, 0.5) is 13.2 Å². The van der Waals surface area contributed by atoms with Crippen molar-refractivity contribution in [2.45, 2.75) is 32.5 Å². The molecule has 0 bridgehead atoms. The summed E-state index contributed by atoms with van der Waals surface area (Å²) in [6.07, 6.45) is -4.34. The van der Waals surface area contributed by atoms with Crippen molar-refractivity contribution in [2.24, 2.45) is 5.92 Å². The highest BCUT2D eigenvalue weighted by Gasteiger charge is 2.32. The Morgan fingerprint density at radius 3 is 2.22 bits per heavy atom. The van der Waals surface area contributed by atoms with Gasteiger partial charge in [-0.15, -0.1) is 0 Å². The van der Waals surface area contributed by atoms with E-state index in [0.29, 0.717) is 6.42 Å². The van der Waals surface area contributed by atoms with Gasteiger partial charge in [0.1, 0.15) is 12.6 Å². The highest BCUT2D eigenvalue weighted by molar-refractivity contribution is 7.87. The molecule has 0 aromatic carbocycles. The van der Waals surface area contributed by atoms with Gasteiger partial charge in [-0.05, 0) is 5.92 Å². The normalized spacial score (nSPS) is 16.3. The van der Waals surface area contributed by atoms with E-state index in [9.17, 15) is 26.4 Å². The Labute approximate surface area is 103 Å². The second-order valence-electron chi connectivity index (χ2n) is 3.76. The minimum atomic E-state index is -4.70. The minimum absolute atomic E-state index is 0.360. The van der Waals surface area contributed by atoms with Gasteiger partial charge in [-0.3, -0.25) is 4.79 Å². The second kappa shape index (κ2) is 6.34. The molecule has 10 heteroatoms. The van der Waals surface area contributed by atoms with Crippen molar-refractivity contribution in [3.05, 3.63) is 0 Å². The van der Waals surface area contributed by atoms with Crippen LogP contribution in [0.2, 0.25) is 0 Å². The molecule has 3 N–H and O–H groups in total. The molecule has 0 amide bonds. The Kier molecular flexibility index (Phi) is 6.04. The summed E-state index contributed by atoms with van der Waals surface area (Å²) in [5, 5.41) is 8.79. The number of aliphatic carboxylic acids is 1. The number of alkyl halides is 3. The third-order valence-electron chi connectivity index (χ3n) is 2.22. The van der Waals surface area contributed by atoms with Crippen molar-refractivity contribution < 1.29 is 31.5 Å². The number of rotatable bonds is 7. The Balaban J connectivity index is 4.67.